The largest absolute Gasteiger partial charge is 0.419 e. The molecule has 0 radical (unpaired) electrons. The van der Waals surface area contributed by atoms with Crippen LogP contribution >= 0.6 is 11.8 Å². The highest BCUT2D eigenvalue weighted by Gasteiger charge is 2.31. The number of halogens is 3. The molecule has 1 atom stereocenters. The average molecular weight is 546 g/mol. The van der Waals surface area contributed by atoms with Crippen LogP contribution in [0.3, 0.4) is 0 Å². The second-order valence-corrected chi connectivity index (χ2v) is 10.0. The molecule has 2 aliphatic heterocycles. The molecule has 0 aliphatic carbocycles. The number of aldehydes is 1. The number of amides is 1. The Hall–Kier alpha value is -3.45. The number of aliphatic imine (C=N–C) groups is 1. The van der Waals surface area contributed by atoms with Crippen LogP contribution in [-0.4, -0.2) is 92.6 Å². The van der Waals surface area contributed by atoms with Crippen LogP contribution in [0.1, 0.15) is 12.0 Å². The van der Waals surface area contributed by atoms with Gasteiger partial charge in [-0.15, -0.1) is 11.8 Å². The lowest BCUT2D eigenvalue weighted by Crippen LogP contribution is -2.54. The SMILES string of the molecule is O=CCC(CNc1ccc2c(ccn2-c2ncc(C(F)(F)F)cn2)c1)N1CCN(C(=O)C2=NCSC2)CC1. The van der Waals surface area contributed by atoms with Crippen molar-refractivity contribution in [2.75, 3.05) is 49.7 Å². The lowest BCUT2D eigenvalue weighted by molar-refractivity contribution is -0.138. The van der Waals surface area contributed by atoms with Gasteiger partial charge in [0.25, 0.3) is 5.91 Å². The van der Waals surface area contributed by atoms with E-state index in [4.69, 9.17) is 0 Å². The van der Waals surface area contributed by atoms with Crippen LogP contribution in [0.4, 0.5) is 18.9 Å². The number of fused-ring (bicyclic) bond motifs is 1. The molecule has 5 rings (SSSR count). The van der Waals surface area contributed by atoms with Gasteiger partial charge in [0.05, 0.1) is 17.0 Å². The average Bonchev–Trinajstić information content (AvgIpc) is 3.61. The molecule has 1 N–H and O–H groups in total. The Morgan fingerprint density at radius 3 is 2.55 bits per heavy atom. The van der Waals surface area contributed by atoms with E-state index < -0.39 is 11.7 Å². The lowest BCUT2D eigenvalue weighted by Gasteiger charge is -2.39. The summed E-state index contributed by atoms with van der Waals surface area (Å²) in [6.45, 7) is 3.11. The number of thioether (sulfide) groups is 1. The van der Waals surface area contributed by atoms with Crippen molar-refractivity contribution in [3.05, 3.63) is 48.4 Å². The number of piperazine rings is 1. The number of nitrogens with zero attached hydrogens (tertiary/aromatic N) is 6. The van der Waals surface area contributed by atoms with Crippen LogP contribution in [0.2, 0.25) is 0 Å². The summed E-state index contributed by atoms with van der Waals surface area (Å²) in [6, 6.07) is 7.48. The van der Waals surface area contributed by atoms with E-state index in [2.05, 4.69) is 25.2 Å². The van der Waals surface area contributed by atoms with Gasteiger partial charge in [-0.25, -0.2) is 9.97 Å². The van der Waals surface area contributed by atoms with Gasteiger partial charge in [-0.2, -0.15) is 13.2 Å². The summed E-state index contributed by atoms with van der Waals surface area (Å²) in [6.07, 6.45) is 0.0528. The Bertz CT molecular complexity index is 1330. The number of hydrogen-bond donors (Lipinski definition) is 1. The highest BCUT2D eigenvalue weighted by Crippen LogP contribution is 2.29. The summed E-state index contributed by atoms with van der Waals surface area (Å²) in [7, 11) is 0. The third-order valence-electron chi connectivity index (χ3n) is 6.73. The summed E-state index contributed by atoms with van der Waals surface area (Å²) in [4.78, 5) is 40.1. The first-order valence-electron chi connectivity index (χ1n) is 12.2. The second-order valence-electron chi connectivity index (χ2n) is 9.08. The zero-order valence-electron chi connectivity index (χ0n) is 20.4. The van der Waals surface area contributed by atoms with E-state index in [1.54, 1.807) is 22.5 Å². The van der Waals surface area contributed by atoms with Crippen molar-refractivity contribution in [1.29, 1.82) is 0 Å². The summed E-state index contributed by atoms with van der Waals surface area (Å²) in [5, 5.41) is 4.27. The maximum Gasteiger partial charge on any atom is 0.419 e. The van der Waals surface area contributed by atoms with Gasteiger partial charge in [0, 0.05) is 80.6 Å². The van der Waals surface area contributed by atoms with Crippen LogP contribution in [0.15, 0.2) is 47.8 Å². The van der Waals surface area contributed by atoms with Crippen molar-refractivity contribution in [2.45, 2.75) is 18.6 Å². The van der Waals surface area contributed by atoms with Crippen LogP contribution in [-0.2, 0) is 15.8 Å². The van der Waals surface area contributed by atoms with Gasteiger partial charge in [-0.05, 0) is 24.3 Å². The van der Waals surface area contributed by atoms with Crippen LogP contribution in [0.25, 0.3) is 16.9 Å². The number of carbonyl (C=O) groups is 2. The minimum Gasteiger partial charge on any atom is -0.383 e. The molecular weight excluding hydrogens is 519 g/mol. The quantitative estimate of drug-likeness (QED) is 0.435. The van der Waals surface area contributed by atoms with Crippen molar-refractivity contribution in [3.63, 3.8) is 0 Å². The van der Waals surface area contributed by atoms with Gasteiger partial charge in [0.15, 0.2) is 0 Å². The zero-order chi connectivity index (χ0) is 26.7. The summed E-state index contributed by atoms with van der Waals surface area (Å²) in [5.41, 5.74) is 1.35. The number of aromatic nitrogens is 3. The molecule has 2 aliphatic rings. The molecule has 1 fully saturated rings. The Balaban J connectivity index is 1.21. The molecule has 1 unspecified atom stereocenters. The first kappa shape index (κ1) is 26.2. The van der Waals surface area contributed by atoms with Crippen LogP contribution in [0.5, 0.6) is 0 Å². The Kier molecular flexibility index (Phi) is 7.65. The first-order valence-corrected chi connectivity index (χ1v) is 13.3. The molecule has 9 nitrogen and oxygen atoms in total. The van der Waals surface area contributed by atoms with Gasteiger partial charge in [-0.1, -0.05) is 0 Å². The fourth-order valence-electron chi connectivity index (χ4n) is 4.64. The van der Waals surface area contributed by atoms with E-state index in [-0.39, 0.29) is 17.9 Å². The second kappa shape index (κ2) is 11.1. The molecule has 13 heteroatoms. The van der Waals surface area contributed by atoms with Gasteiger partial charge in [0.1, 0.15) is 12.0 Å². The van der Waals surface area contributed by atoms with Crippen LogP contribution in [0, 0.1) is 0 Å². The van der Waals surface area contributed by atoms with Crippen molar-refractivity contribution in [1.82, 2.24) is 24.3 Å². The van der Waals surface area contributed by atoms with Gasteiger partial charge >= 0.3 is 6.18 Å². The number of anilines is 1. The van der Waals surface area contributed by atoms with Crippen molar-refractivity contribution < 1.29 is 22.8 Å². The summed E-state index contributed by atoms with van der Waals surface area (Å²) in [5.74, 6) is 1.48. The number of carbonyl (C=O) groups excluding carboxylic acids is 2. The lowest BCUT2D eigenvalue weighted by atomic mass is 10.1. The highest BCUT2D eigenvalue weighted by molar-refractivity contribution is 8.00. The zero-order valence-corrected chi connectivity index (χ0v) is 21.2. The van der Waals surface area contributed by atoms with E-state index in [0.717, 1.165) is 35.3 Å². The molecule has 0 bridgehead atoms. The van der Waals surface area contributed by atoms with Gasteiger partial charge < -0.3 is 15.0 Å². The van der Waals surface area contributed by atoms with E-state index >= 15 is 0 Å². The standard InChI is InChI=1S/C25H26F3N7O2S/c26-25(27,28)18-12-30-24(31-13-18)35-5-3-17-11-19(1-2-22(17)35)29-14-20(4-10-36)33-6-8-34(9-7-33)23(37)21-15-38-16-32-21/h1-3,5,10-13,20,29H,4,6-9,14-16H2. The number of rotatable bonds is 8. The fourth-order valence-corrected chi connectivity index (χ4v) is 5.39. The molecule has 0 saturated carbocycles. The Morgan fingerprint density at radius 1 is 1.13 bits per heavy atom. The molecule has 200 valence electrons. The molecule has 1 saturated heterocycles. The molecule has 2 aromatic heterocycles. The summed E-state index contributed by atoms with van der Waals surface area (Å²) >= 11 is 1.64. The topological polar surface area (TPSA) is 95.7 Å². The predicted molar refractivity (Wildman–Crippen MR) is 140 cm³/mol. The van der Waals surface area contributed by atoms with Crippen LogP contribution < -0.4 is 5.32 Å². The number of hydrogen-bond acceptors (Lipinski definition) is 8. The number of benzene rings is 1. The third kappa shape index (κ3) is 5.68. The third-order valence-corrected chi connectivity index (χ3v) is 7.52. The molecule has 0 spiro atoms. The van der Waals surface area contributed by atoms with E-state index in [1.807, 2.05) is 29.2 Å². The molecule has 1 aromatic carbocycles. The molecule has 3 aromatic rings. The minimum absolute atomic E-state index is 0.0154. The Morgan fingerprint density at radius 2 is 1.89 bits per heavy atom. The van der Waals surface area contributed by atoms with Crippen molar-refractivity contribution >= 4 is 46.3 Å². The van der Waals surface area contributed by atoms with Crippen molar-refractivity contribution in [2.24, 2.45) is 4.99 Å². The minimum atomic E-state index is -4.49. The smallest absolute Gasteiger partial charge is 0.383 e. The van der Waals surface area contributed by atoms with E-state index in [1.165, 1.54) is 0 Å². The molecule has 4 heterocycles. The summed E-state index contributed by atoms with van der Waals surface area (Å²) < 4.78 is 40.1. The number of alkyl halides is 3. The molecule has 38 heavy (non-hydrogen) atoms. The van der Waals surface area contributed by atoms with E-state index in [9.17, 15) is 22.8 Å². The number of nitrogens with one attached hydrogen (secondary N) is 1. The Labute approximate surface area is 221 Å². The molecule has 1 amide bonds. The monoisotopic (exact) mass is 545 g/mol. The van der Waals surface area contributed by atoms with Gasteiger partial charge in [-0.3, -0.25) is 19.3 Å². The predicted octanol–water partition coefficient (Wildman–Crippen LogP) is 3.10. The fraction of sp³-hybridized carbons (Fsp3) is 0.400. The first-order chi connectivity index (χ1) is 18.3. The maximum atomic E-state index is 12.8. The van der Waals surface area contributed by atoms with Gasteiger partial charge in [0.2, 0.25) is 5.95 Å². The van der Waals surface area contributed by atoms with E-state index in [0.29, 0.717) is 56.5 Å². The highest BCUT2D eigenvalue weighted by atomic mass is 32.2. The molecular formula is C25H26F3N7O2S. The normalized spacial score (nSPS) is 17.4. The maximum absolute atomic E-state index is 12.8. The van der Waals surface area contributed by atoms with Crippen molar-refractivity contribution in [3.8, 4) is 5.95 Å².